The second kappa shape index (κ2) is 50.6. The van der Waals surface area contributed by atoms with Crippen molar-refractivity contribution < 1.29 is 37.6 Å². The van der Waals surface area contributed by atoms with Crippen molar-refractivity contribution in [3.63, 3.8) is 0 Å². The van der Waals surface area contributed by atoms with Crippen LogP contribution in [-0.2, 0) is 32.7 Å². The van der Waals surface area contributed by atoms with Gasteiger partial charge in [-0.25, -0.2) is 4.57 Å². The number of allylic oxidation sites excluding steroid dienone is 22. The Morgan fingerprint density at radius 2 is 0.833 bits per heavy atom. The summed E-state index contributed by atoms with van der Waals surface area (Å²) in [5, 5.41) is 0. The molecule has 0 rings (SSSR count). The van der Waals surface area contributed by atoms with Crippen LogP contribution in [0.25, 0.3) is 0 Å². The molecule has 0 radical (unpaired) electrons. The molecule has 0 spiro atoms. The number of nitrogens with two attached hydrogens (primary N) is 1. The Kier molecular flexibility index (Phi) is 47.6. The maximum absolute atomic E-state index is 12.6. The molecule has 66 heavy (non-hydrogen) atoms. The number of carbonyl (C=O) groups is 2. The molecule has 0 aromatic carbocycles. The molecule has 0 saturated carbocycles. The highest BCUT2D eigenvalue weighted by molar-refractivity contribution is 7.47. The lowest BCUT2D eigenvalue weighted by Gasteiger charge is -2.19. The van der Waals surface area contributed by atoms with Gasteiger partial charge in [0.25, 0.3) is 0 Å². The zero-order valence-corrected chi connectivity index (χ0v) is 42.0. The van der Waals surface area contributed by atoms with E-state index in [0.717, 1.165) is 135 Å². The normalized spacial score (nSPS) is 14.3. The number of esters is 2. The van der Waals surface area contributed by atoms with Crippen molar-refractivity contribution >= 4 is 19.8 Å². The predicted octanol–water partition coefficient (Wildman–Crippen LogP) is 15.4. The van der Waals surface area contributed by atoms with Crippen molar-refractivity contribution in [1.82, 2.24) is 0 Å². The van der Waals surface area contributed by atoms with Gasteiger partial charge in [0.15, 0.2) is 6.10 Å². The standard InChI is InChI=1S/C56H90NO8P/c1-3-5-7-9-11-12-13-14-15-16-17-18-19-20-21-22-23-24-25-26-27-28-29-30-31-32-33-34-35-36-37-38-39-40-41-42-43-45-47-49-56(59)65-54(53-64-66(60,61)63-51-50-57)52-62-55(58)48-46-44-10-8-6-4-2/h5,7,11-12,14-15,17-18,20-21,23-24,26-27,29-30,32-33,35-36,38-39,54H,3-4,6,8-10,13,16,19,22,25,28,31,34,37,40-53,57H2,1-2H3,(H,60,61)/b7-5-,12-11-,15-14-,18-17-,21-20-,24-23-,27-26-,30-29-,33-32-,36-35-,39-38-. The number of phosphoric ester groups is 1. The molecule has 2 unspecified atom stereocenters. The van der Waals surface area contributed by atoms with Crippen LogP contribution in [-0.4, -0.2) is 49.3 Å². The van der Waals surface area contributed by atoms with Crippen LogP contribution in [0.5, 0.6) is 0 Å². The van der Waals surface area contributed by atoms with Crippen LogP contribution < -0.4 is 5.73 Å². The fourth-order valence-corrected chi connectivity index (χ4v) is 6.87. The molecule has 2 atom stereocenters. The summed E-state index contributed by atoms with van der Waals surface area (Å²) in [6.45, 7) is 3.49. The van der Waals surface area contributed by atoms with Crippen molar-refractivity contribution in [1.29, 1.82) is 0 Å². The highest BCUT2D eigenvalue weighted by Crippen LogP contribution is 2.43. The van der Waals surface area contributed by atoms with Gasteiger partial charge in [-0.15, -0.1) is 0 Å². The Labute approximate surface area is 402 Å². The van der Waals surface area contributed by atoms with E-state index in [0.29, 0.717) is 6.42 Å². The van der Waals surface area contributed by atoms with E-state index in [2.05, 4.69) is 148 Å². The number of unbranched alkanes of at least 4 members (excludes halogenated alkanes) is 10. The van der Waals surface area contributed by atoms with Gasteiger partial charge in [0.2, 0.25) is 0 Å². The van der Waals surface area contributed by atoms with Crippen LogP contribution in [0.3, 0.4) is 0 Å². The fourth-order valence-electron chi connectivity index (χ4n) is 6.11. The molecule has 0 amide bonds. The van der Waals surface area contributed by atoms with E-state index >= 15 is 0 Å². The molecule has 0 fully saturated rings. The van der Waals surface area contributed by atoms with Crippen molar-refractivity contribution in [3.05, 3.63) is 134 Å². The minimum Gasteiger partial charge on any atom is -0.462 e. The summed E-state index contributed by atoms with van der Waals surface area (Å²) >= 11 is 0. The van der Waals surface area contributed by atoms with E-state index in [1.54, 1.807) is 0 Å². The van der Waals surface area contributed by atoms with Crippen molar-refractivity contribution in [2.75, 3.05) is 26.4 Å². The first-order valence-corrected chi connectivity index (χ1v) is 26.7. The van der Waals surface area contributed by atoms with Gasteiger partial charge >= 0.3 is 19.8 Å². The summed E-state index contributed by atoms with van der Waals surface area (Å²) in [7, 11) is -4.38. The van der Waals surface area contributed by atoms with E-state index in [1.807, 2.05) is 0 Å². The van der Waals surface area contributed by atoms with Crippen LogP contribution in [0, 0.1) is 0 Å². The van der Waals surface area contributed by atoms with E-state index in [-0.39, 0.29) is 32.6 Å². The maximum Gasteiger partial charge on any atom is 0.472 e. The number of ether oxygens (including phenoxy) is 2. The van der Waals surface area contributed by atoms with Gasteiger partial charge < -0.3 is 20.1 Å². The zero-order valence-electron chi connectivity index (χ0n) is 41.1. The minimum absolute atomic E-state index is 0.0437. The second-order valence-corrected chi connectivity index (χ2v) is 17.4. The van der Waals surface area contributed by atoms with Crippen molar-refractivity contribution in [2.45, 2.75) is 180 Å². The molecule has 10 heteroatoms. The smallest absolute Gasteiger partial charge is 0.462 e. The summed E-state index contributed by atoms with van der Waals surface area (Å²) in [6, 6.07) is 0. The zero-order chi connectivity index (χ0) is 48.1. The predicted molar refractivity (Wildman–Crippen MR) is 279 cm³/mol. The van der Waals surface area contributed by atoms with E-state index < -0.39 is 32.5 Å². The molecule has 0 aliphatic rings. The van der Waals surface area contributed by atoms with Crippen LogP contribution in [0.15, 0.2) is 134 Å². The summed E-state index contributed by atoms with van der Waals surface area (Å²) in [6.07, 6.45) is 71.2. The van der Waals surface area contributed by atoms with Gasteiger partial charge in [0.1, 0.15) is 6.61 Å². The van der Waals surface area contributed by atoms with Crippen molar-refractivity contribution in [2.24, 2.45) is 5.73 Å². The Balaban J connectivity index is 3.98. The molecule has 0 aliphatic carbocycles. The monoisotopic (exact) mass is 936 g/mol. The summed E-state index contributed by atoms with van der Waals surface area (Å²) < 4.78 is 32.6. The first kappa shape index (κ1) is 62.1. The quantitative estimate of drug-likeness (QED) is 0.0265. The van der Waals surface area contributed by atoms with Gasteiger partial charge in [-0.1, -0.05) is 199 Å². The van der Waals surface area contributed by atoms with E-state index in [9.17, 15) is 19.0 Å². The number of rotatable bonds is 45. The Bertz CT molecular complexity index is 1530. The second-order valence-electron chi connectivity index (χ2n) is 16.0. The molecule has 9 nitrogen and oxygen atoms in total. The summed E-state index contributed by atoms with van der Waals surface area (Å²) in [4.78, 5) is 34.6. The topological polar surface area (TPSA) is 134 Å². The lowest BCUT2D eigenvalue weighted by Crippen LogP contribution is -2.29. The summed E-state index contributed by atoms with van der Waals surface area (Å²) in [5.74, 6) is -0.873. The number of carbonyl (C=O) groups excluding carboxylic acids is 2. The Morgan fingerprint density at radius 3 is 1.24 bits per heavy atom. The van der Waals surface area contributed by atoms with Gasteiger partial charge in [-0.2, -0.15) is 0 Å². The third-order valence-electron chi connectivity index (χ3n) is 9.80. The molecule has 0 bridgehead atoms. The van der Waals surface area contributed by atoms with Crippen LogP contribution >= 0.6 is 7.82 Å². The highest BCUT2D eigenvalue weighted by atomic mass is 31.2. The summed E-state index contributed by atoms with van der Waals surface area (Å²) in [5.41, 5.74) is 5.33. The lowest BCUT2D eigenvalue weighted by atomic mass is 10.1. The number of phosphoric acid groups is 1. The van der Waals surface area contributed by atoms with Crippen LogP contribution in [0.2, 0.25) is 0 Å². The molecular weight excluding hydrogens is 846 g/mol. The highest BCUT2D eigenvalue weighted by Gasteiger charge is 2.26. The third-order valence-corrected chi connectivity index (χ3v) is 10.8. The molecule has 0 aromatic heterocycles. The molecule has 0 heterocycles. The fraction of sp³-hybridized carbons (Fsp3) is 0.571. The lowest BCUT2D eigenvalue weighted by molar-refractivity contribution is -0.161. The molecule has 0 saturated heterocycles. The molecule has 0 aromatic rings. The minimum atomic E-state index is -4.38. The van der Waals surface area contributed by atoms with E-state index in [4.69, 9.17) is 24.3 Å². The average molecular weight is 936 g/mol. The number of hydrogen-bond acceptors (Lipinski definition) is 8. The number of hydrogen-bond donors (Lipinski definition) is 2. The molecule has 0 aliphatic heterocycles. The van der Waals surface area contributed by atoms with Gasteiger partial charge in [-0.3, -0.25) is 18.6 Å². The third kappa shape index (κ3) is 49.6. The van der Waals surface area contributed by atoms with Gasteiger partial charge in [-0.05, 0) is 96.3 Å². The van der Waals surface area contributed by atoms with Crippen LogP contribution in [0.1, 0.15) is 174 Å². The SMILES string of the molecule is CC/C=C\C/C=C\C/C=C\C/C=C\C/C=C\C/C=C\C/C=C\C/C=C\C/C=C\C/C=C\C/C=C\CCCCCCCC(=O)OC(COC(=O)CCCCCCCC)COP(=O)(O)OCCN. The average Bonchev–Trinajstić information content (AvgIpc) is 3.31. The Hall–Kier alpha value is -3.85. The van der Waals surface area contributed by atoms with E-state index in [1.165, 1.54) is 6.42 Å². The first-order chi connectivity index (χ1) is 32.3. The van der Waals surface area contributed by atoms with Crippen molar-refractivity contribution in [3.8, 4) is 0 Å². The largest absolute Gasteiger partial charge is 0.472 e. The maximum atomic E-state index is 12.6. The Morgan fingerprint density at radius 1 is 0.470 bits per heavy atom. The molecular formula is C56H90NO8P. The first-order valence-electron chi connectivity index (χ1n) is 25.2. The van der Waals surface area contributed by atoms with Gasteiger partial charge in [0.05, 0.1) is 13.2 Å². The van der Waals surface area contributed by atoms with Gasteiger partial charge in [0, 0.05) is 19.4 Å². The molecule has 372 valence electrons. The molecule has 3 N–H and O–H groups in total. The van der Waals surface area contributed by atoms with Crippen LogP contribution in [0.4, 0.5) is 0 Å².